The first-order chi connectivity index (χ1) is 23.2. The summed E-state index contributed by atoms with van der Waals surface area (Å²) in [5.41, 5.74) is 6.39. The standard InChI is InChI=1S/C36H51N3O10/c1-19-14-25-30(38-18-23-10-12-24(13-11-23)35(44)45)27(40)17-26(32(25)42)39-34(43)20(2)8-7-9-28(47-5)33(49-36(37)46)22(4)16-21(3)31(41)29(15-19)48-6/h7-9,16-17,19,21,23-24,28-29,31,33,38,41H,10-15,18H2,1-6H3,(H2,37,46)(H,39,43)(H,44,45)/b9-7-,20-8+,22-16+/t19-,21+,23?,24?,28+,29+,31-,33+/m1/s1. The zero-order valence-corrected chi connectivity index (χ0v) is 29.2. The predicted molar refractivity (Wildman–Crippen MR) is 181 cm³/mol. The van der Waals surface area contributed by atoms with Crippen molar-refractivity contribution in [3.8, 4) is 0 Å². The lowest BCUT2D eigenvalue weighted by Gasteiger charge is -2.30. The zero-order valence-electron chi connectivity index (χ0n) is 29.2. The van der Waals surface area contributed by atoms with Crippen LogP contribution in [0, 0.1) is 23.7 Å². The number of ether oxygens (including phenoxy) is 3. The number of hydrogen-bond acceptors (Lipinski definition) is 10. The van der Waals surface area contributed by atoms with Crippen LogP contribution in [0.15, 0.2) is 58.5 Å². The van der Waals surface area contributed by atoms with E-state index in [-0.39, 0.29) is 46.7 Å². The van der Waals surface area contributed by atoms with E-state index in [2.05, 4.69) is 10.6 Å². The number of nitrogens with one attached hydrogen (secondary N) is 2. The summed E-state index contributed by atoms with van der Waals surface area (Å²) in [4.78, 5) is 63.8. The first-order valence-electron chi connectivity index (χ1n) is 16.7. The lowest BCUT2D eigenvalue weighted by Crippen LogP contribution is -2.38. The maximum absolute atomic E-state index is 13.9. The first-order valence-corrected chi connectivity index (χ1v) is 16.7. The Morgan fingerprint density at radius 1 is 1.06 bits per heavy atom. The van der Waals surface area contributed by atoms with Crippen LogP contribution < -0.4 is 16.4 Å². The van der Waals surface area contributed by atoms with Gasteiger partial charge in [0.25, 0.3) is 5.91 Å². The Hall–Kier alpha value is -4.07. The number of nitrogens with two attached hydrogens (primary N) is 1. The normalized spacial score (nSPS) is 33.7. The lowest BCUT2D eigenvalue weighted by atomic mass is 9.81. The third kappa shape index (κ3) is 10.7. The molecule has 0 aromatic carbocycles. The van der Waals surface area contributed by atoms with E-state index in [4.69, 9.17) is 19.9 Å². The summed E-state index contributed by atoms with van der Waals surface area (Å²) in [6.07, 6.45) is 6.03. The van der Waals surface area contributed by atoms with Crippen LogP contribution in [0.1, 0.15) is 66.2 Å². The minimum atomic E-state index is -1.01. The van der Waals surface area contributed by atoms with E-state index in [1.165, 1.54) is 20.3 Å². The highest BCUT2D eigenvalue weighted by molar-refractivity contribution is 6.23. The van der Waals surface area contributed by atoms with Gasteiger partial charge in [-0.1, -0.05) is 38.2 Å². The number of rotatable bonds is 7. The second kappa shape index (κ2) is 18.1. The summed E-state index contributed by atoms with van der Waals surface area (Å²) in [6.45, 7) is 7.35. The Bertz CT molecular complexity index is 1420. The molecule has 13 nitrogen and oxygen atoms in total. The Kier molecular flexibility index (Phi) is 14.5. The van der Waals surface area contributed by atoms with Gasteiger partial charge in [0.15, 0.2) is 6.10 Å². The number of Topliss-reactive ketones (excluding diaryl/α,β-unsaturated/α-hetero) is 1. The summed E-state index contributed by atoms with van der Waals surface area (Å²) in [5, 5.41) is 26.5. The molecule has 6 atom stereocenters. The molecule has 0 spiro atoms. The molecule has 2 amide bonds. The molecule has 270 valence electrons. The highest BCUT2D eigenvalue weighted by atomic mass is 16.6. The van der Waals surface area contributed by atoms with Gasteiger partial charge in [-0.05, 0) is 69.8 Å². The molecule has 1 fully saturated rings. The molecular formula is C36H51N3O10. The van der Waals surface area contributed by atoms with Crippen LogP contribution in [0.4, 0.5) is 4.79 Å². The fourth-order valence-electron chi connectivity index (χ4n) is 6.64. The summed E-state index contributed by atoms with van der Waals surface area (Å²) >= 11 is 0. The highest BCUT2D eigenvalue weighted by Crippen LogP contribution is 2.31. The predicted octanol–water partition coefficient (Wildman–Crippen LogP) is 3.24. The smallest absolute Gasteiger partial charge is 0.405 e. The third-order valence-electron chi connectivity index (χ3n) is 9.56. The molecule has 13 heteroatoms. The van der Waals surface area contributed by atoms with Gasteiger partial charge in [0.2, 0.25) is 11.6 Å². The van der Waals surface area contributed by atoms with Gasteiger partial charge in [-0.2, -0.15) is 0 Å². The van der Waals surface area contributed by atoms with Crippen LogP contribution in [0.5, 0.6) is 0 Å². The van der Waals surface area contributed by atoms with E-state index in [0.717, 1.165) is 6.08 Å². The number of carboxylic acid groups (broad SMARTS) is 1. The minimum Gasteiger partial charge on any atom is -0.481 e. The van der Waals surface area contributed by atoms with E-state index < -0.39 is 59.9 Å². The van der Waals surface area contributed by atoms with Gasteiger partial charge < -0.3 is 40.8 Å². The number of carbonyl (C=O) groups is 5. The number of amides is 2. The molecule has 3 aliphatic rings. The molecule has 0 saturated heterocycles. The molecule has 0 aromatic heterocycles. The average Bonchev–Trinajstić information content (AvgIpc) is 3.05. The Morgan fingerprint density at radius 2 is 1.73 bits per heavy atom. The van der Waals surface area contributed by atoms with Gasteiger partial charge in [0.05, 0.1) is 29.5 Å². The number of aliphatic carboxylic acids is 1. The summed E-state index contributed by atoms with van der Waals surface area (Å²) < 4.78 is 16.7. The van der Waals surface area contributed by atoms with Crippen LogP contribution >= 0.6 is 0 Å². The molecule has 1 saturated carbocycles. The van der Waals surface area contributed by atoms with Gasteiger partial charge >= 0.3 is 12.1 Å². The second-order valence-corrected chi connectivity index (χ2v) is 13.4. The molecular weight excluding hydrogens is 634 g/mol. The highest BCUT2D eigenvalue weighted by Gasteiger charge is 2.34. The molecule has 2 bridgehead atoms. The van der Waals surface area contributed by atoms with Crippen LogP contribution in [0.2, 0.25) is 0 Å². The molecule has 6 N–H and O–H groups in total. The molecule has 3 rings (SSSR count). The molecule has 0 radical (unpaired) electrons. The van der Waals surface area contributed by atoms with Crippen molar-refractivity contribution in [1.29, 1.82) is 0 Å². The number of primary amides is 1. The molecule has 2 aliphatic carbocycles. The van der Waals surface area contributed by atoms with Gasteiger partial charge in [-0.15, -0.1) is 0 Å². The number of ketones is 2. The number of fused-ring (bicyclic) bond motifs is 2. The Balaban J connectivity index is 1.99. The second-order valence-electron chi connectivity index (χ2n) is 13.4. The molecule has 1 heterocycles. The maximum Gasteiger partial charge on any atom is 0.405 e. The fraction of sp³-hybridized carbons (Fsp3) is 0.583. The average molecular weight is 686 g/mol. The Labute approximate surface area is 287 Å². The quantitative estimate of drug-likeness (QED) is 0.194. The number of hydrogen-bond donors (Lipinski definition) is 5. The van der Waals surface area contributed by atoms with Gasteiger partial charge in [0, 0.05) is 43.9 Å². The van der Waals surface area contributed by atoms with E-state index in [1.807, 2.05) is 6.92 Å². The number of carbonyl (C=O) groups excluding carboxylic acids is 4. The molecule has 49 heavy (non-hydrogen) atoms. The number of carboxylic acids is 1. The topological polar surface area (TPSA) is 204 Å². The zero-order chi connectivity index (χ0) is 36.4. The van der Waals surface area contributed by atoms with Crippen LogP contribution in [0.3, 0.4) is 0 Å². The molecule has 1 aliphatic heterocycles. The number of allylic oxidation sites excluding steroid dienone is 4. The number of aliphatic hydroxyl groups excluding tert-OH is 1. The van der Waals surface area contributed by atoms with Crippen molar-refractivity contribution in [3.05, 3.63) is 58.5 Å². The molecule has 0 unspecified atom stereocenters. The van der Waals surface area contributed by atoms with Crippen molar-refractivity contribution < 1.29 is 48.4 Å². The van der Waals surface area contributed by atoms with E-state index >= 15 is 0 Å². The van der Waals surface area contributed by atoms with Crippen molar-refractivity contribution in [2.45, 2.75) is 90.6 Å². The first kappa shape index (κ1) is 39.4. The van der Waals surface area contributed by atoms with Gasteiger partial charge in [-0.3, -0.25) is 19.2 Å². The van der Waals surface area contributed by atoms with Crippen molar-refractivity contribution in [1.82, 2.24) is 10.6 Å². The van der Waals surface area contributed by atoms with Gasteiger partial charge in [-0.25, -0.2) is 4.79 Å². The van der Waals surface area contributed by atoms with Crippen LogP contribution in [-0.4, -0.2) is 84.9 Å². The van der Waals surface area contributed by atoms with Gasteiger partial charge in [0.1, 0.15) is 6.10 Å². The van der Waals surface area contributed by atoms with E-state index in [0.29, 0.717) is 44.2 Å². The van der Waals surface area contributed by atoms with Crippen molar-refractivity contribution in [2.24, 2.45) is 29.4 Å². The summed E-state index contributed by atoms with van der Waals surface area (Å²) in [6, 6.07) is 0. The van der Waals surface area contributed by atoms with Crippen molar-refractivity contribution in [3.63, 3.8) is 0 Å². The number of aliphatic hydroxyl groups is 1. The molecule has 0 aromatic rings. The maximum atomic E-state index is 13.9. The largest absolute Gasteiger partial charge is 0.481 e. The monoisotopic (exact) mass is 685 g/mol. The van der Waals surface area contributed by atoms with Crippen LogP contribution in [0.25, 0.3) is 0 Å². The van der Waals surface area contributed by atoms with Crippen LogP contribution in [-0.2, 0) is 33.4 Å². The Morgan fingerprint density at radius 3 is 2.33 bits per heavy atom. The fourth-order valence-corrected chi connectivity index (χ4v) is 6.64. The van der Waals surface area contributed by atoms with E-state index in [1.54, 1.807) is 39.0 Å². The summed E-state index contributed by atoms with van der Waals surface area (Å²) in [5.74, 6) is -3.30. The lowest BCUT2D eigenvalue weighted by molar-refractivity contribution is -0.143. The third-order valence-corrected chi connectivity index (χ3v) is 9.56. The van der Waals surface area contributed by atoms with Crippen molar-refractivity contribution >= 4 is 29.5 Å². The minimum absolute atomic E-state index is 0.134. The summed E-state index contributed by atoms with van der Waals surface area (Å²) in [7, 11) is 2.91. The van der Waals surface area contributed by atoms with Crippen molar-refractivity contribution in [2.75, 3.05) is 20.8 Å². The SMILES string of the molecule is CO[C@H]1/C=C\C=C(/C)C(=O)NC2=CC(=O)C(NCC3CCC(C(=O)O)CC3)=C(C[C@@H](C)C[C@H](OC)[C@H](O)[C@@H](C)/C=C(\C)[C@@H]1OC(N)=O)C2=O. The van der Waals surface area contributed by atoms with E-state index in [9.17, 15) is 34.2 Å². The number of methoxy groups -OCH3 is 2.